The summed E-state index contributed by atoms with van der Waals surface area (Å²) in [6, 6.07) is 5.56. The smallest absolute Gasteiger partial charge is 0.434 e. The molecule has 3 heterocycles. The number of pyridine rings is 2. The first-order valence-corrected chi connectivity index (χ1v) is 13.5. The molecule has 0 aliphatic rings. The molecule has 0 bridgehead atoms. The average molecular weight is 589 g/mol. The van der Waals surface area contributed by atoms with Gasteiger partial charge in [-0.1, -0.05) is 13.0 Å². The van der Waals surface area contributed by atoms with Gasteiger partial charge in [0.2, 0.25) is 5.43 Å². The second-order valence-electron chi connectivity index (χ2n) is 9.07. The highest BCUT2D eigenvalue weighted by Crippen LogP contribution is 2.39. The Morgan fingerprint density at radius 2 is 1.93 bits per heavy atom. The first-order valence-electron chi connectivity index (χ1n) is 12.6. The second kappa shape index (κ2) is 12.1. The van der Waals surface area contributed by atoms with Crippen molar-refractivity contribution in [2.24, 2.45) is 0 Å². The quantitative estimate of drug-likeness (QED) is 0.210. The first-order chi connectivity index (χ1) is 19.5. The second-order valence-corrected chi connectivity index (χ2v) is 9.93. The van der Waals surface area contributed by atoms with Crippen LogP contribution in [0.2, 0.25) is 0 Å². The van der Waals surface area contributed by atoms with Crippen LogP contribution in [0.5, 0.6) is 0 Å². The number of alkyl halides is 3. The minimum Gasteiger partial charge on any atom is -0.477 e. The number of carbonyl (C=O) groups is 2. The monoisotopic (exact) mass is 588 g/mol. The fourth-order valence-electron chi connectivity index (χ4n) is 4.43. The summed E-state index contributed by atoms with van der Waals surface area (Å²) in [7, 11) is 1.77. The van der Waals surface area contributed by atoms with Crippen molar-refractivity contribution in [1.82, 2.24) is 25.2 Å². The van der Waals surface area contributed by atoms with Gasteiger partial charge in [0, 0.05) is 53.4 Å². The Morgan fingerprint density at radius 1 is 1.17 bits per heavy atom. The van der Waals surface area contributed by atoms with E-state index in [4.69, 9.17) is 0 Å². The first kappa shape index (κ1) is 29.7. The molecule has 3 aromatic heterocycles. The lowest BCUT2D eigenvalue weighted by atomic mass is 9.99. The van der Waals surface area contributed by atoms with E-state index in [1.54, 1.807) is 30.7 Å². The Morgan fingerprint density at radius 3 is 2.54 bits per heavy atom. The van der Waals surface area contributed by atoms with Gasteiger partial charge in [0.15, 0.2) is 5.69 Å². The van der Waals surface area contributed by atoms with Gasteiger partial charge in [-0.15, -0.1) is 11.3 Å². The van der Waals surface area contributed by atoms with Gasteiger partial charge in [-0.25, -0.2) is 19.6 Å². The van der Waals surface area contributed by atoms with Crippen molar-refractivity contribution in [2.75, 3.05) is 25.5 Å². The summed E-state index contributed by atoms with van der Waals surface area (Å²) in [6.45, 7) is 4.53. The van der Waals surface area contributed by atoms with E-state index in [9.17, 15) is 32.7 Å². The molecule has 0 aliphatic heterocycles. The van der Waals surface area contributed by atoms with Crippen LogP contribution in [0.3, 0.4) is 0 Å². The SMILES string of the molecule is CCNC(=O)Nc1cc(-c2nc(C(F)(F)F)cs2)c(-c2ccc3c(c2)c(=O)c(C(=O)O)cn3[C@@H](CC)CNC)cn1. The van der Waals surface area contributed by atoms with E-state index in [1.165, 1.54) is 24.5 Å². The molecule has 4 rings (SSSR count). The summed E-state index contributed by atoms with van der Waals surface area (Å²) in [4.78, 5) is 45.3. The van der Waals surface area contributed by atoms with E-state index >= 15 is 0 Å². The van der Waals surface area contributed by atoms with Gasteiger partial charge in [-0.2, -0.15) is 13.2 Å². The largest absolute Gasteiger partial charge is 0.477 e. The molecule has 41 heavy (non-hydrogen) atoms. The maximum absolute atomic E-state index is 13.4. The lowest BCUT2D eigenvalue weighted by Gasteiger charge is -2.22. The van der Waals surface area contributed by atoms with Crippen LogP contribution < -0.4 is 21.4 Å². The van der Waals surface area contributed by atoms with E-state index < -0.39 is 34.9 Å². The molecular formula is C27H27F3N6O4S. The van der Waals surface area contributed by atoms with Gasteiger partial charge in [-0.3, -0.25) is 10.1 Å². The highest BCUT2D eigenvalue weighted by molar-refractivity contribution is 7.13. The number of anilines is 1. The molecule has 0 unspecified atom stereocenters. The molecule has 0 aliphatic carbocycles. The predicted octanol–water partition coefficient (Wildman–Crippen LogP) is 5.22. The van der Waals surface area contributed by atoms with Crippen molar-refractivity contribution in [3.63, 3.8) is 0 Å². The van der Waals surface area contributed by atoms with E-state index in [1.807, 2.05) is 6.92 Å². The average Bonchev–Trinajstić information content (AvgIpc) is 3.43. The lowest BCUT2D eigenvalue weighted by molar-refractivity contribution is -0.140. The molecule has 14 heteroatoms. The number of fused-ring (bicyclic) bond motifs is 1. The van der Waals surface area contributed by atoms with Crippen LogP contribution in [0.25, 0.3) is 32.6 Å². The van der Waals surface area contributed by atoms with Gasteiger partial charge in [-0.05, 0) is 44.2 Å². The Labute approximate surface area is 236 Å². The number of hydrogen-bond acceptors (Lipinski definition) is 7. The van der Waals surface area contributed by atoms with Crippen molar-refractivity contribution in [2.45, 2.75) is 32.5 Å². The number of carbonyl (C=O) groups excluding carboxylic acids is 1. The fraction of sp³-hybridized carbons (Fsp3) is 0.296. The number of hydrogen-bond donors (Lipinski definition) is 4. The summed E-state index contributed by atoms with van der Waals surface area (Å²) in [5.41, 5.74) is -0.680. The zero-order valence-electron chi connectivity index (χ0n) is 22.3. The molecule has 0 saturated heterocycles. The minimum atomic E-state index is -4.66. The number of thiazole rings is 1. The van der Waals surface area contributed by atoms with Gasteiger partial charge in [0.1, 0.15) is 16.4 Å². The highest BCUT2D eigenvalue weighted by atomic mass is 32.1. The zero-order chi connectivity index (χ0) is 29.9. The minimum absolute atomic E-state index is 0.0190. The molecule has 0 radical (unpaired) electrons. The molecular weight excluding hydrogens is 561 g/mol. The van der Waals surface area contributed by atoms with Crippen LogP contribution in [-0.4, -0.2) is 51.8 Å². The number of aromatic carboxylic acids is 1. The van der Waals surface area contributed by atoms with Crippen LogP contribution >= 0.6 is 11.3 Å². The molecule has 4 aromatic rings. The number of benzene rings is 1. The van der Waals surface area contributed by atoms with Crippen molar-refractivity contribution < 1.29 is 27.9 Å². The van der Waals surface area contributed by atoms with E-state index in [0.717, 1.165) is 16.7 Å². The maximum Gasteiger partial charge on any atom is 0.434 e. The molecule has 4 N–H and O–H groups in total. The number of amides is 2. The van der Waals surface area contributed by atoms with Crippen molar-refractivity contribution in [3.05, 3.63) is 63.5 Å². The normalized spacial score (nSPS) is 12.3. The number of urea groups is 1. The standard InChI is InChI=1S/C27H27F3N6O4S/c1-4-15(10-31-3)36-12-19(25(38)39)23(37)17-8-14(6-7-20(17)36)18-11-33-22(35-26(40)32-5-2)9-16(18)24-34-21(13-41-24)27(28,29)30/h6-9,11-13,15,31H,4-5,10H2,1-3H3,(H,38,39)(H2,32,33,35,40)/t15-/m0/s1. The number of carboxylic acids is 1. The molecule has 0 fully saturated rings. The molecule has 2 amide bonds. The van der Waals surface area contributed by atoms with E-state index in [0.29, 0.717) is 36.2 Å². The number of aromatic nitrogens is 3. The number of halogens is 3. The highest BCUT2D eigenvalue weighted by Gasteiger charge is 2.34. The number of likely N-dealkylation sites (N-methyl/N-ethyl adjacent to an activating group) is 1. The van der Waals surface area contributed by atoms with Crippen LogP contribution in [-0.2, 0) is 6.18 Å². The summed E-state index contributed by atoms with van der Waals surface area (Å²) < 4.78 is 41.8. The lowest BCUT2D eigenvalue weighted by Crippen LogP contribution is -2.28. The number of rotatable bonds is 9. The Hall–Kier alpha value is -4.30. The molecule has 216 valence electrons. The number of carboxylic acid groups (broad SMARTS) is 1. The molecule has 10 nitrogen and oxygen atoms in total. The van der Waals surface area contributed by atoms with Gasteiger partial charge >= 0.3 is 18.2 Å². The molecule has 1 atom stereocenters. The zero-order valence-corrected chi connectivity index (χ0v) is 23.1. The van der Waals surface area contributed by atoms with Crippen molar-refractivity contribution in [3.8, 4) is 21.7 Å². The maximum atomic E-state index is 13.4. The van der Waals surface area contributed by atoms with E-state index in [2.05, 4.69) is 25.9 Å². The number of nitrogens with one attached hydrogen (secondary N) is 3. The van der Waals surface area contributed by atoms with Crippen LogP contribution in [0.4, 0.5) is 23.8 Å². The van der Waals surface area contributed by atoms with Crippen molar-refractivity contribution in [1.29, 1.82) is 0 Å². The van der Waals surface area contributed by atoms with Crippen LogP contribution in [0, 0.1) is 0 Å². The predicted molar refractivity (Wildman–Crippen MR) is 150 cm³/mol. The van der Waals surface area contributed by atoms with Gasteiger partial charge in [0.05, 0.1) is 5.52 Å². The topological polar surface area (TPSA) is 138 Å². The van der Waals surface area contributed by atoms with Crippen LogP contribution in [0.15, 0.2) is 46.8 Å². The van der Waals surface area contributed by atoms with Crippen LogP contribution in [0.1, 0.15) is 42.4 Å². The summed E-state index contributed by atoms with van der Waals surface area (Å²) >= 11 is 0.766. The summed E-state index contributed by atoms with van der Waals surface area (Å²) in [6.07, 6.45) is -1.31. The van der Waals surface area contributed by atoms with Crippen molar-refractivity contribution >= 4 is 40.1 Å². The molecule has 0 saturated carbocycles. The molecule has 1 aromatic carbocycles. The van der Waals surface area contributed by atoms with Gasteiger partial charge in [0.25, 0.3) is 0 Å². The third-order valence-electron chi connectivity index (χ3n) is 6.39. The fourth-order valence-corrected chi connectivity index (χ4v) is 5.29. The summed E-state index contributed by atoms with van der Waals surface area (Å²) in [5.74, 6) is -1.30. The summed E-state index contributed by atoms with van der Waals surface area (Å²) in [5, 5.41) is 18.9. The Kier molecular flexibility index (Phi) is 8.73. The number of nitrogens with zero attached hydrogens (tertiary/aromatic N) is 3. The van der Waals surface area contributed by atoms with Gasteiger partial charge < -0.3 is 20.3 Å². The Bertz CT molecular complexity index is 1670. The van der Waals surface area contributed by atoms with E-state index in [-0.39, 0.29) is 27.8 Å². The Balaban J connectivity index is 1.95. The third-order valence-corrected chi connectivity index (χ3v) is 7.26. The molecule has 0 spiro atoms. The third kappa shape index (κ3) is 6.23.